The highest BCUT2D eigenvalue weighted by atomic mass is 16.1. The summed E-state index contributed by atoms with van der Waals surface area (Å²) in [4.78, 5) is 16.8. The maximum atomic E-state index is 12.1. The van der Waals surface area contributed by atoms with E-state index in [1.165, 1.54) is 0 Å². The number of para-hydroxylation sites is 1. The fraction of sp³-hybridized carbons (Fsp3) is 0.158. The number of aryl methyl sites for hydroxylation is 1. The summed E-state index contributed by atoms with van der Waals surface area (Å²) in [5.74, 6) is 0.213. The average molecular weight is 288 g/mol. The van der Waals surface area contributed by atoms with Gasteiger partial charge in [-0.3, -0.25) is 9.78 Å². The molecular weight excluding hydrogens is 272 g/mol. The lowest BCUT2D eigenvalue weighted by molar-refractivity contribution is 0.0972. The molecule has 1 aliphatic carbocycles. The molecule has 3 heteroatoms. The number of carbonyl (C=O) groups excluding carboxylic acids is 1. The summed E-state index contributed by atoms with van der Waals surface area (Å²) in [7, 11) is 0. The number of anilines is 2. The molecule has 1 aromatic heterocycles. The molecule has 0 unspecified atom stereocenters. The van der Waals surface area contributed by atoms with Gasteiger partial charge in [0, 0.05) is 28.7 Å². The van der Waals surface area contributed by atoms with Crippen molar-refractivity contribution in [2.24, 2.45) is 0 Å². The summed E-state index contributed by atoms with van der Waals surface area (Å²) in [6.07, 6.45) is 2.44. The first-order valence-electron chi connectivity index (χ1n) is 7.59. The first kappa shape index (κ1) is 13.0. The van der Waals surface area contributed by atoms with E-state index in [0.717, 1.165) is 46.4 Å². The standard InChI is InChI=1S/C19H16N2O/c22-19-11-5-10-18-15(19)12-14-16(8-4-9-17(14)21-18)20-13-6-2-1-3-7-13/h1-4,6-9,12,20H,5,10-11H2. The quantitative estimate of drug-likeness (QED) is 0.755. The third-order valence-electron chi connectivity index (χ3n) is 4.11. The molecule has 0 radical (unpaired) electrons. The van der Waals surface area contributed by atoms with Gasteiger partial charge in [-0.2, -0.15) is 0 Å². The Bertz CT molecular complexity index is 856. The number of benzene rings is 2. The Labute approximate surface area is 129 Å². The highest BCUT2D eigenvalue weighted by molar-refractivity contribution is 6.03. The van der Waals surface area contributed by atoms with E-state index in [9.17, 15) is 4.79 Å². The second-order valence-electron chi connectivity index (χ2n) is 5.62. The molecule has 0 amide bonds. The van der Waals surface area contributed by atoms with Crippen LogP contribution < -0.4 is 5.32 Å². The van der Waals surface area contributed by atoms with Crippen LogP contribution in [0.25, 0.3) is 10.9 Å². The highest BCUT2D eigenvalue weighted by Crippen LogP contribution is 2.30. The molecule has 3 aromatic rings. The Hall–Kier alpha value is -2.68. The van der Waals surface area contributed by atoms with Gasteiger partial charge in [0.2, 0.25) is 0 Å². The fourth-order valence-electron chi connectivity index (χ4n) is 3.00. The number of hydrogen-bond donors (Lipinski definition) is 1. The lowest BCUT2D eigenvalue weighted by Gasteiger charge is -2.16. The maximum Gasteiger partial charge on any atom is 0.164 e. The zero-order chi connectivity index (χ0) is 14.9. The molecule has 3 nitrogen and oxygen atoms in total. The van der Waals surface area contributed by atoms with Gasteiger partial charge in [0.1, 0.15) is 0 Å². The molecule has 4 rings (SSSR count). The second kappa shape index (κ2) is 5.26. The van der Waals surface area contributed by atoms with Gasteiger partial charge in [0.05, 0.1) is 11.2 Å². The zero-order valence-corrected chi connectivity index (χ0v) is 12.2. The van der Waals surface area contributed by atoms with Gasteiger partial charge in [-0.05, 0) is 43.2 Å². The van der Waals surface area contributed by atoms with Gasteiger partial charge in [0.25, 0.3) is 0 Å². The summed E-state index contributed by atoms with van der Waals surface area (Å²) >= 11 is 0. The van der Waals surface area contributed by atoms with E-state index < -0.39 is 0 Å². The molecule has 1 aliphatic rings. The molecule has 1 heterocycles. The van der Waals surface area contributed by atoms with E-state index in [-0.39, 0.29) is 5.78 Å². The summed E-state index contributed by atoms with van der Waals surface area (Å²) < 4.78 is 0. The molecule has 1 N–H and O–H groups in total. The van der Waals surface area contributed by atoms with Gasteiger partial charge in [-0.15, -0.1) is 0 Å². The van der Waals surface area contributed by atoms with E-state index in [0.29, 0.717) is 6.42 Å². The number of pyridine rings is 1. The SMILES string of the molecule is O=C1CCCc2nc3cccc(Nc4ccccc4)c3cc21. The summed E-state index contributed by atoms with van der Waals surface area (Å²) in [6.45, 7) is 0. The number of fused-ring (bicyclic) bond motifs is 2. The van der Waals surface area contributed by atoms with E-state index in [2.05, 4.69) is 5.32 Å². The molecule has 0 aliphatic heterocycles. The molecule has 2 aromatic carbocycles. The van der Waals surface area contributed by atoms with Crippen LogP contribution in [0.2, 0.25) is 0 Å². The van der Waals surface area contributed by atoms with Crippen LogP contribution in [0.15, 0.2) is 54.6 Å². The highest BCUT2D eigenvalue weighted by Gasteiger charge is 2.19. The second-order valence-corrected chi connectivity index (χ2v) is 5.62. The largest absolute Gasteiger partial charge is 0.355 e. The first-order valence-corrected chi connectivity index (χ1v) is 7.59. The van der Waals surface area contributed by atoms with Crippen molar-refractivity contribution in [2.75, 3.05) is 5.32 Å². The molecule has 0 fully saturated rings. The first-order chi connectivity index (χ1) is 10.8. The number of Topliss-reactive ketones (excluding diaryl/α,β-unsaturated/α-hetero) is 1. The van der Waals surface area contributed by atoms with Crippen LogP contribution in [0.3, 0.4) is 0 Å². The van der Waals surface area contributed by atoms with E-state index >= 15 is 0 Å². The minimum Gasteiger partial charge on any atom is -0.355 e. The molecule has 108 valence electrons. The van der Waals surface area contributed by atoms with Crippen molar-refractivity contribution in [1.82, 2.24) is 4.98 Å². The smallest absolute Gasteiger partial charge is 0.164 e. The molecule has 0 atom stereocenters. The number of ketones is 1. The number of aromatic nitrogens is 1. The minimum absolute atomic E-state index is 0.213. The molecule has 0 saturated heterocycles. The lowest BCUT2D eigenvalue weighted by Crippen LogP contribution is -2.12. The van der Waals surface area contributed by atoms with Gasteiger partial charge in [-0.25, -0.2) is 0 Å². The van der Waals surface area contributed by atoms with Crippen LogP contribution in [0, 0.1) is 0 Å². The number of carbonyl (C=O) groups is 1. The normalized spacial score (nSPS) is 13.9. The summed E-state index contributed by atoms with van der Waals surface area (Å²) in [5, 5.41) is 4.42. The topological polar surface area (TPSA) is 42.0 Å². The van der Waals surface area contributed by atoms with Crippen molar-refractivity contribution in [3.05, 3.63) is 65.9 Å². The Morgan fingerprint density at radius 3 is 2.68 bits per heavy atom. The van der Waals surface area contributed by atoms with Crippen molar-refractivity contribution < 1.29 is 4.79 Å². The van der Waals surface area contributed by atoms with Gasteiger partial charge < -0.3 is 5.32 Å². The zero-order valence-electron chi connectivity index (χ0n) is 12.2. The fourth-order valence-corrected chi connectivity index (χ4v) is 3.00. The summed E-state index contributed by atoms with van der Waals surface area (Å²) in [5.41, 5.74) is 4.69. The van der Waals surface area contributed by atoms with Crippen LogP contribution in [0.4, 0.5) is 11.4 Å². The Balaban J connectivity index is 1.85. The van der Waals surface area contributed by atoms with E-state index in [1.807, 2.05) is 54.6 Å². The molecular formula is C19H16N2O. The van der Waals surface area contributed by atoms with Gasteiger partial charge in [-0.1, -0.05) is 24.3 Å². The third kappa shape index (κ3) is 2.25. The third-order valence-corrected chi connectivity index (χ3v) is 4.11. The Morgan fingerprint density at radius 1 is 0.955 bits per heavy atom. The Kier molecular flexibility index (Phi) is 3.11. The van der Waals surface area contributed by atoms with Crippen LogP contribution in [0.1, 0.15) is 28.9 Å². The Morgan fingerprint density at radius 2 is 1.82 bits per heavy atom. The van der Waals surface area contributed by atoms with Gasteiger partial charge in [0.15, 0.2) is 5.78 Å². The molecule has 0 bridgehead atoms. The van der Waals surface area contributed by atoms with E-state index in [1.54, 1.807) is 0 Å². The predicted octanol–water partition coefficient (Wildman–Crippen LogP) is 4.50. The maximum absolute atomic E-state index is 12.1. The van der Waals surface area contributed by atoms with Crippen LogP contribution in [-0.2, 0) is 6.42 Å². The number of nitrogens with zero attached hydrogens (tertiary/aromatic N) is 1. The van der Waals surface area contributed by atoms with Gasteiger partial charge >= 0.3 is 0 Å². The number of nitrogens with one attached hydrogen (secondary N) is 1. The minimum atomic E-state index is 0.213. The van der Waals surface area contributed by atoms with Crippen molar-refractivity contribution in [1.29, 1.82) is 0 Å². The summed E-state index contributed by atoms with van der Waals surface area (Å²) in [6, 6.07) is 18.1. The number of rotatable bonds is 2. The van der Waals surface area contributed by atoms with E-state index in [4.69, 9.17) is 4.98 Å². The predicted molar refractivity (Wildman–Crippen MR) is 88.7 cm³/mol. The molecule has 0 saturated carbocycles. The van der Waals surface area contributed by atoms with Crippen LogP contribution >= 0.6 is 0 Å². The van der Waals surface area contributed by atoms with Crippen molar-refractivity contribution in [3.8, 4) is 0 Å². The van der Waals surface area contributed by atoms with Crippen LogP contribution in [0.5, 0.6) is 0 Å². The van der Waals surface area contributed by atoms with Crippen molar-refractivity contribution >= 4 is 28.1 Å². The monoisotopic (exact) mass is 288 g/mol. The lowest BCUT2D eigenvalue weighted by atomic mass is 9.93. The molecule has 22 heavy (non-hydrogen) atoms. The van der Waals surface area contributed by atoms with Crippen LogP contribution in [-0.4, -0.2) is 10.8 Å². The van der Waals surface area contributed by atoms with Crippen molar-refractivity contribution in [2.45, 2.75) is 19.3 Å². The van der Waals surface area contributed by atoms with Crippen molar-refractivity contribution in [3.63, 3.8) is 0 Å². The number of hydrogen-bond acceptors (Lipinski definition) is 3. The average Bonchev–Trinajstić information content (AvgIpc) is 2.55. The molecule has 0 spiro atoms.